The minimum absolute atomic E-state index is 0. The molecule has 12 aliphatic carbocycles. The van der Waals surface area contributed by atoms with Crippen molar-refractivity contribution in [3.8, 4) is 0 Å². The molecule has 0 aromatic heterocycles. The Morgan fingerprint density at radius 1 is 0.460 bits per heavy atom. The second kappa shape index (κ2) is 41.6. The number of hydrogen-bond donors (Lipinski definition) is 4. The fraction of sp³-hybridized carbons (Fsp3) is 0.843. The number of aldehydes is 1. The van der Waals surface area contributed by atoms with Crippen LogP contribution in [0.3, 0.4) is 0 Å². The van der Waals surface area contributed by atoms with Gasteiger partial charge in [-0.05, 0) is 286 Å². The molecule has 3 spiro atoms. The number of fused-ring (bicyclic) bond motifs is 18. The first-order chi connectivity index (χ1) is 59.2. The van der Waals surface area contributed by atoms with Gasteiger partial charge in [-0.3, -0.25) is 43.4 Å². The minimum atomic E-state index is -0.639. The maximum atomic E-state index is 12.3. The molecule has 0 unspecified atom stereocenters. The molecule has 30 atom stereocenters. The summed E-state index contributed by atoms with van der Waals surface area (Å²) in [5.41, 5.74) is 11.4. The molecule has 18 aliphatic rings. The van der Waals surface area contributed by atoms with Crippen LogP contribution in [-0.2, 0) is 76.6 Å². The van der Waals surface area contributed by atoms with E-state index in [0.717, 1.165) is 209 Å². The van der Waals surface area contributed by atoms with Gasteiger partial charge in [0.25, 0.3) is 0 Å². The number of hydrogen-bond acceptors (Lipinski definition) is 19. The van der Waals surface area contributed by atoms with E-state index in [2.05, 4.69) is 137 Å². The molecular weight excluding hydrogens is 1600 g/mol. The van der Waals surface area contributed by atoms with Gasteiger partial charge in [0, 0.05) is 155 Å². The van der Waals surface area contributed by atoms with E-state index in [-0.39, 0.29) is 70.6 Å². The number of rotatable bonds is 8. The number of allylic oxidation sites excluding steroid dienone is 3. The summed E-state index contributed by atoms with van der Waals surface area (Å²) in [5, 5.41) is 12.2. The number of ether oxygens (including phenoxy) is 3. The smallest absolute Gasteiger partial charge is 0.793 e. The van der Waals surface area contributed by atoms with Gasteiger partial charge in [-0.1, -0.05) is 95.8 Å². The molecule has 4 N–H and O–H groups in total. The Kier molecular flexibility index (Phi) is 33.2. The molecule has 126 heavy (non-hydrogen) atoms. The van der Waals surface area contributed by atoms with Crippen LogP contribution < -0.4 is 50.8 Å². The second-order valence-electron chi connectivity index (χ2n) is 44.7. The molecule has 6 heterocycles. The number of amides is 3. The molecule has 0 aromatic rings. The number of carbonyl (C=O) groups excluding carboxylic acids is 10. The maximum absolute atomic E-state index is 12.3. The fourth-order valence-electron chi connectivity index (χ4n) is 31.1. The average Bonchev–Trinajstić information content (AvgIpc) is 1.52. The predicted molar refractivity (Wildman–Crippen MR) is 481 cm³/mol. The van der Waals surface area contributed by atoms with E-state index in [1.54, 1.807) is 41.7 Å². The van der Waals surface area contributed by atoms with Crippen molar-refractivity contribution in [1.29, 1.82) is 0 Å². The van der Waals surface area contributed by atoms with Crippen molar-refractivity contribution in [2.45, 2.75) is 370 Å². The number of piperidine rings is 3. The fourth-order valence-corrected chi connectivity index (χ4v) is 31.1. The van der Waals surface area contributed by atoms with Crippen LogP contribution in [0.2, 0.25) is 0 Å². The van der Waals surface area contributed by atoms with Gasteiger partial charge in [-0.2, -0.15) is 0 Å². The van der Waals surface area contributed by atoms with Crippen molar-refractivity contribution in [3.63, 3.8) is 0 Å². The van der Waals surface area contributed by atoms with E-state index >= 15 is 0 Å². The van der Waals surface area contributed by atoms with Crippen molar-refractivity contribution in [2.24, 2.45) is 123 Å². The van der Waals surface area contributed by atoms with Gasteiger partial charge in [0.05, 0.1) is 41.7 Å². The van der Waals surface area contributed by atoms with Gasteiger partial charge in [0.1, 0.15) is 23.6 Å². The zero-order chi connectivity index (χ0) is 90.3. The average molecular weight is 1760 g/mol. The molecule has 697 valence electrons. The number of likely N-dealkylation sites (tertiary alicyclic amines) is 2. The van der Waals surface area contributed by atoms with E-state index in [4.69, 9.17) is 14.2 Å². The topological polar surface area (TPSA) is 281 Å². The Bertz CT molecular complexity index is 3910. The number of carbonyl (C=O) groups is 10. The normalized spacial score (nSPS) is 42.6. The Morgan fingerprint density at radius 3 is 1.11 bits per heavy atom. The summed E-state index contributed by atoms with van der Waals surface area (Å²) in [5.74, 6) is 12.3. The SMILES string of the molecule is CC(=O)NCC=O.CC(=O)NCCN1C[C@@H](C)C[C@H]2O[C@]3(CC[C@@H]4C(=C(C)C3)C[C@H]3[C@H]4CC[C@@H]4CC(=O)CC[C@@]43C)[C@H](C)[C@@H]21.CC(=O)NCCN1C[C@@H](C)C[C@H]2O[C@]3(CC[C@@H]4C(=C(C)C3)C[C@H]3[C@H]4CC[C@@H]4CC(=O)CC[C@@]43C)[C@H](C)[C@@H]21.CC(=O)OOC(C)=O.CC1=C2C[C@H]3[C@@H](CC[C@@H]4CC(=O)CC[C@@]43C)[C@@H]2CC[C@@]2(C1)O[C@@H]1C[C@H](C)CN[C@H]1[C@H]2C.[B-]OC(C)=O.[Na+]. The van der Waals surface area contributed by atoms with Crippen LogP contribution in [0.15, 0.2) is 33.4 Å². The molecule has 6 aliphatic heterocycles. The van der Waals surface area contributed by atoms with Gasteiger partial charge < -0.3 is 53.0 Å². The Labute approximate surface area is 778 Å². The van der Waals surface area contributed by atoms with E-state index in [1.807, 2.05) is 5.57 Å². The van der Waals surface area contributed by atoms with Crippen LogP contribution in [0.1, 0.15) is 317 Å². The summed E-state index contributed by atoms with van der Waals surface area (Å²) in [6.07, 6.45) is 36.1. The summed E-state index contributed by atoms with van der Waals surface area (Å²) >= 11 is 0. The molecule has 6 saturated heterocycles. The molecule has 15 fully saturated rings. The standard InChI is InChI=1S/2C32H50N2O3.C28H43NO2.C4H7NO2.C4H6O4.C2H3BO2.Na/c2*1-19-14-29-30(34(18-19)13-12-33-22(4)35)21(3)32(37-29)11-9-25-26-7-6-23-15-24(36)8-10-31(23,5)28(26)16-27(25)20(2)17-32;1-16-11-25-26(29-15-16)18(3)28(31-25)10-8-21-22-6-5-19-12-20(30)7-9-27(19,4)24(22)13-23(21)17(2)14-28;1-4(7)5-2-3-6;1-3(5)7-8-4(2)6;1-2(4)5-3;/h2*19,21,23,25-26,28-30H,6-18H2,1-5H3,(H,33,35);16,18-19,21-22,24-26,29H,5-15H2,1-4H3;3H,2H2,1H3,(H,5,7);1-2H3;1H3;/q;;;;;-1;+1/t2*19-,21+,23+,25-,26-,28-,29+,30-,31-,32-;16-,18+,19+,21-,22-,24-,25+,26-,27-,28-;;;;/m000..../s1. The maximum Gasteiger partial charge on any atom is 1.00 e. The third kappa shape index (κ3) is 21.0. The Morgan fingerprint density at radius 2 is 0.794 bits per heavy atom. The predicted octanol–water partition coefficient (Wildman–Crippen LogP) is 12.7. The van der Waals surface area contributed by atoms with Crippen LogP contribution in [0.25, 0.3) is 0 Å². The molecule has 0 aromatic carbocycles. The molecule has 18 rings (SSSR count). The summed E-state index contributed by atoms with van der Waals surface area (Å²) < 4.78 is 25.0. The number of nitrogens with zero attached hydrogens (tertiary/aromatic N) is 2. The molecule has 24 heteroatoms. The summed E-state index contributed by atoms with van der Waals surface area (Å²) in [6.45, 7) is 44.4. The number of Topliss-reactive ketones (excluding diaryl/α,β-unsaturated/α-hetero) is 3. The Hall–Kier alpha value is -4.46. The minimum Gasteiger partial charge on any atom is -0.793 e. The second-order valence-corrected chi connectivity index (χ2v) is 44.7. The third-order valence-corrected chi connectivity index (χ3v) is 37.2. The molecule has 0 bridgehead atoms. The van der Waals surface area contributed by atoms with Crippen LogP contribution in [0.5, 0.6) is 0 Å². The zero-order valence-corrected chi connectivity index (χ0v) is 82.8. The first-order valence-electron chi connectivity index (χ1n) is 49.5. The molecule has 9 saturated carbocycles. The quantitative estimate of drug-likeness (QED) is 0.0578. The van der Waals surface area contributed by atoms with E-state index < -0.39 is 17.9 Å². The first kappa shape index (κ1) is 101. The van der Waals surface area contributed by atoms with Gasteiger partial charge in [-0.15, -0.1) is 0 Å². The summed E-state index contributed by atoms with van der Waals surface area (Å²) in [4.78, 5) is 121. The van der Waals surface area contributed by atoms with Crippen molar-refractivity contribution < 1.29 is 106 Å². The number of ketones is 3. The van der Waals surface area contributed by atoms with Gasteiger partial charge in [0.2, 0.25) is 23.7 Å². The van der Waals surface area contributed by atoms with Crippen LogP contribution >= 0.6 is 0 Å². The monoisotopic (exact) mass is 1760 g/mol. The van der Waals surface area contributed by atoms with Crippen molar-refractivity contribution in [3.05, 3.63) is 33.4 Å². The van der Waals surface area contributed by atoms with E-state index in [0.29, 0.717) is 124 Å². The molecule has 3 amide bonds. The van der Waals surface area contributed by atoms with Crippen LogP contribution in [0.4, 0.5) is 0 Å². The van der Waals surface area contributed by atoms with E-state index in [9.17, 15) is 47.9 Å². The molecule has 3 radical (unpaired) electrons. The largest absolute Gasteiger partial charge is 1.00 e. The summed E-state index contributed by atoms with van der Waals surface area (Å²) in [7, 11) is 4.32. The van der Waals surface area contributed by atoms with Gasteiger partial charge >= 0.3 is 41.5 Å². The third-order valence-electron chi connectivity index (χ3n) is 37.2. The van der Waals surface area contributed by atoms with Crippen LogP contribution in [0, 0.1) is 123 Å². The zero-order valence-electron chi connectivity index (χ0n) is 80.8. The molecular formula is C102H159BN6NaO16. The first-order valence-corrected chi connectivity index (χ1v) is 49.5. The van der Waals surface area contributed by atoms with Crippen molar-refractivity contribution in [1.82, 2.24) is 31.1 Å². The van der Waals surface area contributed by atoms with Crippen molar-refractivity contribution >= 4 is 67.3 Å². The van der Waals surface area contributed by atoms with Gasteiger partial charge in [0.15, 0.2) is 0 Å². The van der Waals surface area contributed by atoms with Crippen LogP contribution in [-0.4, -0.2) is 183 Å². The molecule has 22 nitrogen and oxygen atoms in total. The Balaban J connectivity index is 0.000000154. The van der Waals surface area contributed by atoms with Gasteiger partial charge in [-0.25, -0.2) is 19.4 Å². The number of nitrogens with one attached hydrogen (secondary N) is 4. The van der Waals surface area contributed by atoms with E-state index in [1.165, 1.54) is 117 Å². The van der Waals surface area contributed by atoms with Crippen molar-refractivity contribution in [2.75, 3.05) is 52.4 Å². The summed E-state index contributed by atoms with van der Waals surface area (Å²) in [6, 6.07) is 1.47.